The molecule has 2 atom stereocenters. The Kier molecular flexibility index (Phi) is 4.01. The molecule has 154 valence electrons. The van der Waals surface area contributed by atoms with Gasteiger partial charge in [-0.25, -0.2) is 18.4 Å². The lowest BCUT2D eigenvalue weighted by molar-refractivity contribution is 0.102. The maximum atomic E-state index is 14.5. The first kappa shape index (κ1) is 18.3. The normalized spacial score (nSPS) is 18.5. The lowest BCUT2D eigenvalue weighted by atomic mass is 10.1. The standard InChI is InChI=1S/C22H15F2N5OS/c23-12-4-5-18(15(24)9-12)29-20-13-7-11(13)8-14(20)19(28-29)21(30)27-22-26-17(10-31-22)16-3-1-2-6-25-16/h1-6,9-11,13H,7-8H2,(H,26,27,30)/t11-,13-/m1/s1. The van der Waals surface area contributed by atoms with E-state index in [1.807, 2.05) is 23.6 Å². The minimum absolute atomic E-state index is 0.149. The molecule has 0 radical (unpaired) electrons. The molecule has 1 saturated carbocycles. The van der Waals surface area contributed by atoms with Gasteiger partial charge in [-0.1, -0.05) is 6.07 Å². The van der Waals surface area contributed by atoms with Gasteiger partial charge in [0.2, 0.25) is 0 Å². The van der Waals surface area contributed by atoms with E-state index in [1.54, 1.807) is 6.20 Å². The highest BCUT2D eigenvalue weighted by Crippen LogP contribution is 2.57. The van der Waals surface area contributed by atoms with Crippen molar-refractivity contribution >= 4 is 22.4 Å². The van der Waals surface area contributed by atoms with Crippen LogP contribution < -0.4 is 5.32 Å². The maximum absolute atomic E-state index is 14.5. The van der Waals surface area contributed by atoms with Crippen LogP contribution in [-0.2, 0) is 6.42 Å². The fourth-order valence-electron chi connectivity index (χ4n) is 4.25. The second-order valence-corrected chi connectivity index (χ2v) is 8.59. The lowest BCUT2D eigenvalue weighted by Crippen LogP contribution is -2.15. The van der Waals surface area contributed by atoms with Gasteiger partial charge >= 0.3 is 0 Å². The van der Waals surface area contributed by atoms with Gasteiger partial charge in [0.25, 0.3) is 5.91 Å². The Morgan fingerprint density at radius 3 is 2.90 bits per heavy atom. The van der Waals surface area contributed by atoms with Crippen LogP contribution in [0.1, 0.15) is 34.1 Å². The number of benzene rings is 1. The van der Waals surface area contributed by atoms with Crippen molar-refractivity contribution < 1.29 is 13.6 Å². The largest absolute Gasteiger partial charge is 0.296 e. The highest BCUT2D eigenvalue weighted by atomic mass is 32.1. The molecule has 0 saturated heterocycles. The van der Waals surface area contributed by atoms with Crippen LogP contribution >= 0.6 is 11.3 Å². The van der Waals surface area contributed by atoms with E-state index in [4.69, 9.17) is 0 Å². The molecule has 6 rings (SSSR count). The number of halogens is 2. The predicted molar refractivity (Wildman–Crippen MR) is 111 cm³/mol. The van der Waals surface area contributed by atoms with E-state index in [2.05, 4.69) is 20.4 Å². The molecule has 1 N–H and O–H groups in total. The number of hydrogen-bond donors (Lipinski definition) is 1. The number of pyridine rings is 1. The fraction of sp³-hybridized carbons (Fsp3) is 0.182. The van der Waals surface area contributed by atoms with Crippen LogP contribution in [0.4, 0.5) is 13.9 Å². The number of hydrogen-bond acceptors (Lipinski definition) is 5. The van der Waals surface area contributed by atoms with Crippen LogP contribution in [0.3, 0.4) is 0 Å². The first-order chi connectivity index (χ1) is 15.1. The van der Waals surface area contributed by atoms with E-state index >= 15 is 0 Å². The van der Waals surface area contributed by atoms with Crippen molar-refractivity contribution in [3.63, 3.8) is 0 Å². The predicted octanol–water partition coefficient (Wildman–Crippen LogP) is 4.58. The van der Waals surface area contributed by atoms with Crippen LogP contribution in [0, 0.1) is 17.6 Å². The zero-order valence-corrected chi connectivity index (χ0v) is 16.9. The van der Waals surface area contributed by atoms with Gasteiger partial charge in [-0.05, 0) is 43.0 Å². The van der Waals surface area contributed by atoms with E-state index in [-0.39, 0.29) is 23.2 Å². The van der Waals surface area contributed by atoms with Crippen molar-refractivity contribution in [2.75, 3.05) is 5.32 Å². The molecule has 1 aromatic carbocycles. The lowest BCUT2D eigenvalue weighted by Gasteiger charge is -2.07. The van der Waals surface area contributed by atoms with E-state index in [0.717, 1.165) is 35.9 Å². The number of nitrogens with zero attached hydrogens (tertiary/aromatic N) is 4. The monoisotopic (exact) mass is 435 g/mol. The molecule has 9 heteroatoms. The molecule has 4 aromatic rings. The molecule has 0 bridgehead atoms. The number of anilines is 1. The highest BCUT2D eigenvalue weighted by Gasteiger charge is 2.50. The summed E-state index contributed by atoms with van der Waals surface area (Å²) in [6.07, 6.45) is 3.42. The molecule has 1 fully saturated rings. The first-order valence-electron chi connectivity index (χ1n) is 9.84. The van der Waals surface area contributed by atoms with Crippen molar-refractivity contribution in [1.29, 1.82) is 0 Å². The molecular weight excluding hydrogens is 420 g/mol. The number of fused-ring (bicyclic) bond motifs is 3. The summed E-state index contributed by atoms with van der Waals surface area (Å²) in [5, 5.41) is 9.50. The molecule has 0 spiro atoms. The molecule has 0 aliphatic heterocycles. The van der Waals surface area contributed by atoms with Crippen LogP contribution in [0.2, 0.25) is 0 Å². The molecule has 3 heterocycles. The Balaban J connectivity index is 1.33. The van der Waals surface area contributed by atoms with Crippen LogP contribution in [0.15, 0.2) is 48.0 Å². The Hall–Kier alpha value is -3.46. The average molecular weight is 435 g/mol. The number of thiazole rings is 1. The minimum Gasteiger partial charge on any atom is -0.296 e. The fourth-order valence-corrected chi connectivity index (χ4v) is 4.95. The Morgan fingerprint density at radius 2 is 2.10 bits per heavy atom. The zero-order valence-electron chi connectivity index (χ0n) is 16.0. The quantitative estimate of drug-likeness (QED) is 0.509. The molecule has 3 aromatic heterocycles. The van der Waals surface area contributed by atoms with E-state index < -0.39 is 11.6 Å². The maximum Gasteiger partial charge on any atom is 0.278 e. The van der Waals surface area contributed by atoms with Gasteiger partial charge in [0.1, 0.15) is 17.2 Å². The Bertz CT molecular complexity index is 1330. The summed E-state index contributed by atoms with van der Waals surface area (Å²) >= 11 is 1.30. The van der Waals surface area contributed by atoms with Gasteiger partial charge in [0.05, 0.1) is 11.4 Å². The summed E-state index contributed by atoms with van der Waals surface area (Å²) in [6, 6.07) is 8.92. The molecule has 6 nitrogen and oxygen atoms in total. The summed E-state index contributed by atoms with van der Waals surface area (Å²) in [4.78, 5) is 21.7. The van der Waals surface area contributed by atoms with Crippen molar-refractivity contribution in [2.24, 2.45) is 5.92 Å². The van der Waals surface area contributed by atoms with Crippen molar-refractivity contribution in [3.8, 4) is 17.1 Å². The topological polar surface area (TPSA) is 72.7 Å². The SMILES string of the molecule is O=C(Nc1nc(-c2ccccn2)cs1)c1nn(-c2ccc(F)cc2F)c2c1C[C@H]1C[C@@H]21. The number of nitrogens with one attached hydrogen (secondary N) is 1. The van der Waals surface area contributed by atoms with E-state index in [9.17, 15) is 13.6 Å². The van der Waals surface area contributed by atoms with E-state index in [0.29, 0.717) is 16.7 Å². The molecular formula is C22H15F2N5OS. The molecule has 2 aliphatic rings. The summed E-state index contributed by atoms with van der Waals surface area (Å²) in [7, 11) is 0. The summed E-state index contributed by atoms with van der Waals surface area (Å²) in [5.41, 5.74) is 3.50. The van der Waals surface area contributed by atoms with Crippen LogP contribution in [0.25, 0.3) is 17.1 Å². The molecule has 1 amide bonds. The third-order valence-corrected chi connectivity index (χ3v) is 6.53. The molecule has 0 unspecified atom stereocenters. The number of amides is 1. The zero-order chi connectivity index (χ0) is 21.1. The minimum atomic E-state index is -0.707. The van der Waals surface area contributed by atoms with Crippen molar-refractivity contribution in [3.05, 3.63) is 76.6 Å². The van der Waals surface area contributed by atoms with Crippen LogP contribution in [0.5, 0.6) is 0 Å². The second-order valence-electron chi connectivity index (χ2n) is 7.73. The average Bonchev–Trinajstić information content (AvgIpc) is 3.10. The third kappa shape index (κ3) is 3.04. The number of aromatic nitrogens is 4. The Labute approximate surface area is 179 Å². The Morgan fingerprint density at radius 1 is 1.19 bits per heavy atom. The molecule has 2 aliphatic carbocycles. The number of carbonyl (C=O) groups is 1. The third-order valence-electron chi connectivity index (χ3n) is 5.77. The summed E-state index contributed by atoms with van der Waals surface area (Å²) in [6.45, 7) is 0. The molecule has 31 heavy (non-hydrogen) atoms. The van der Waals surface area contributed by atoms with Gasteiger partial charge in [-0.15, -0.1) is 11.3 Å². The smallest absolute Gasteiger partial charge is 0.278 e. The van der Waals surface area contributed by atoms with Crippen molar-refractivity contribution in [2.45, 2.75) is 18.8 Å². The first-order valence-corrected chi connectivity index (χ1v) is 10.7. The van der Waals surface area contributed by atoms with Gasteiger partial charge in [0, 0.05) is 29.1 Å². The van der Waals surface area contributed by atoms with Gasteiger partial charge in [-0.2, -0.15) is 5.10 Å². The summed E-state index contributed by atoms with van der Waals surface area (Å²) in [5.74, 6) is -1.02. The van der Waals surface area contributed by atoms with Gasteiger partial charge in [0.15, 0.2) is 16.6 Å². The number of carbonyl (C=O) groups excluding carboxylic acids is 1. The highest BCUT2D eigenvalue weighted by molar-refractivity contribution is 7.14. The van der Waals surface area contributed by atoms with Crippen molar-refractivity contribution in [1.82, 2.24) is 19.7 Å². The summed E-state index contributed by atoms with van der Waals surface area (Å²) < 4.78 is 29.3. The number of rotatable bonds is 4. The van der Waals surface area contributed by atoms with Crippen LogP contribution in [-0.4, -0.2) is 25.7 Å². The second kappa shape index (κ2) is 6.78. The van der Waals surface area contributed by atoms with Gasteiger partial charge in [-0.3, -0.25) is 15.1 Å². The van der Waals surface area contributed by atoms with Gasteiger partial charge < -0.3 is 0 Å². The van der Waals surface area contributed by atoms with E-state index in [1.165, 1.54) is 28.2 Å².